The molecule has 0 radical (unpaired) electrons. The maximum absolute atomic E-state index is 12.4. The molecule has 2 aromatic carbocycles. The summed E-state index contributed by atoms with van der Waals surface area (Å²) >= 11 is 0. The summed E-state index contributed by atoms with van der Waals surface area (Å²) in [5.41, 5.74) is 3.17. The fourth-order valence-corrected chi connectivity index (χ4v) is 2.84. The van der Waals surface area contributed by atoms with E-state index in [1.807, 2.05) is 59.3 Å². The van der Waals surface area contributed by atoms with Crippen LogP contribution < -0.4 is 10.1 Å². The molecule has 1 aromatic heterocycles. The van der Waals surface area contributed by atoms with E-state index >= 15 is 0 Å². The van der Waals surface area contributed by atoms with Crippen LogP contribution in [0.2, 0.25) is 0 Å². The van der Waals surface area contributed by atoms with E-state index < -0.39 is 6.10 Å². The number of amides is 1. The zero-order valence-electron chi connectivity index (χ0n) is 15.9. The number of hydrogen-bond acceptors (Lipinski definition) is 3. The summed E-state index contributed by atoms with van der Waals surface area (Å²) in [4.78, 5) is 16.5. The highest BCUT2D eigenvalue weighted by Crippen LogP contribution is 2.26. The second kappa shape index (κ2) is 8.54. The van der Waals surface area contributed by atoms with Crippen LogP contribution in [0.5, 0.6) is 5.75 Å². The monoisotopic (exact) mass is 363 g/mol. The number of carbonyl (C=O) groups is 1. The van der Waals surface area contributed by atoms with E-state index in [9.17, 15) is 4.79 Å². The van der Waals surface area contributed by atoms with Crippen LogP contribution in [0.25, 0.3) is 5.69 Å². The molecule has 140 valence electrons. The van der Waals surface area contributed by atoms with Crippen LogP contribution in [0.15, 0.2) is 67.3 Å². The molecular weight excluding hydrogens is 338 g/mol. The Bertz CT molecular complexity index is 871. The van der Waals surface area contributed by atoms with Crippen molar-refractivity contribution in [3.05, 3.63) is 78.4 Å². The number of rotatable bonds is 7. The van der Waals surface area contributed by atoms with Crippen LogP contribution in [0.1, 0.15) is 37.8 Å². The highest BCUT2D eigenvalue weighted by molar-refractivity contribution is 5.80. The van der Waals surface area contributed by atoms with Gasteiger partial charge in [-0.15, -0.1) is 0 Å². The van der Waals surface area contributed by atoms with Gasteiger partial charge in [-0.1, -0.05) is 44.2 Å². The van der Waals surface area contributed by atoms with Gasteiger partial charge >= 0.3 is 0 Å². The Morgan fingerprint density at radius 3 is 2.52 bits per heavy atom. The average molecular weight is 363 g/mol. The van der Waals surface area contributed by atoms with Crippen LogP contribution >= 0.6 is 0 Å². The predicted molar refractivity (Wildman–Crippen MR) is 106 cm³/mol. The second-order valence-electron chi connectivity index (χ2n) is 6.81. The molecule has 0 aliphatic rings. The number of imidazole rings is 1. The van der Waals surface area contributed by atoms with Gasteiger partial charge < -0.3 is 14.6 Å². The van der Waals surface area contributed by atoms with Crippen LogP contribution in [0, 0.1) is 0 Å². The van der Waals surface area contributed by atoms with Gasteiger partial charge in [-0.05, 0) is 42.2 Å². The maximum atomic E-state index is 12.4. The zero-order chi connectivity index (χ0) is 19.2. The Kier molecular flexibility index (Phi) is 5.91. The molecule has 3 rings (SSSR count). The number of nitrogens with zero attached hydrogens (tertiary/aromatic N) is 2. The molecule has 0 saturated carbocycles. The number of aromatic nitrogens is 2. The molecule has 0 bridgehead atoms. The number of ether oxygens (including phenoxy) is 1. The Balaban J connectivity index is 1.56. The van der Waals surface area contributed by atoms with Gasteiger partial charge in [0.05, 0.1) is 6.33 Å². The average Bonchev–Trinajstić information content (AvgIpc) is 3.21. The van der Waals surface area contributed by atoms with Crippen LogP contribution in [-0.2, 0) is 11.3 Å². The summed E-state index contributed by atoms with van der Waals surface area (Å²) in [5, 5.41) is 2.94. The van der Waals surface area contributed by atoms with Crippen molar-refractivity contribution in [3.63, 3.8) is 0 Å². The van der Waals surface area contributed by atoms with E-state index in [1.54, 1.807) is 19.4 Å². The first-order valence-corrected chi connectivity index (χ1v) is 9.15. The van der Waals surface area contributed by atoms with Gasteiger partial charge in [0.25, 0.3) is 5.91 Å². The van der Waals surface area contributed by atoms with Crippen molar-refractivity contribution in [1.82, 2.24) is 14.9 Å². The lowest BCUT2D eigenvalue weighted by atomic mass is 10.0. The Morgan fingerprint density at radius 2 is 1.85 bits per heavy atom. The first-order chi connectivity index (χ1) is 13.0. The highest BCUT2D eigenvalue weighted by Gasteiger charge is 2.16. The van der Waals surface area contributed by atoms with Crippen molar-refractivity contribution in [2.45, 2.75) is 39.3 Å². The standard InChI is InChI=1S/C22H25N3O2/c1-16(2)20-6-4-5-7-21(20)27-17(3)22(26)24-14-18-8-10-19(11-9-18)25-13-12-23-15-25/h4-13,15-17H,14H2,1-3H3,(H,24,26). The van der Waals surface area contributed by atoms with Gasteiger partial charge in [0, 0.05) is 24.6 Å². The second-order valence-corrected chi connectivity index (χ2v) is 6.81. The topological polar surface area (TPSA) is 56.1 Å². The van der Waals surface area contributed by atoms with E-state index in [1.165, 1.54) is 0 Å². The lowest BCUT2D eigenvalue weighted by Crippen LogP contribution is -2.36. The van der Waals surface area contributed by atoms with Crippen LogP contribution in [-0.4, -0.2) is 21.6 Å². The fraction of sp³-hybridized carbons (Fsp3) is 0.273. The van der Waals surface area contributed by atoms with E-state index in [0.717, 1.165) is 22.6 Å². The van der Waals surface area contributed by atoms with Crippen molar-refractivity contribution >= 4 is 5.91 Å². The van der Waals surface area contributed by atoms with Gasteiger partial charge in [-0.25, -0.2) is 4.98 Å². The number of carbonyl (C=O) groups excluding carboxylic acids is 1. The van der Waals surface area contributed by atoms with E-state index in [-0.39, 0.29) is 5.91 Å². The van der Waals surface area contributed by atoms with Gasteiger partial charge in [0.15, 0.2) is 6.10 Å². The predicted octanol–water partition coefficient (Wildman–Crippen LogP) is 4.08. The summed E-state index contributed by atoms with van der Waals surface area (Å²) in [6, 6.07) is 15.8. The van der Waals surface area contributed by atoms with Gasteiger partial charge in [0.1, 0.15) is 5.75 Å². The Labute approximate surface area is 160 Å². The molecular formula is C22H25N3O2. The smallest absolute Gasteiger partial charge is 0.261 e. The maximum Gasteiger partial charge on any atom is 0.261 e. The summed E-state index contributed by atoms with van der Waals surface area (Å²) in [7, 11) is 0. The van der Waals surface area contributed by atoms with Crippen molar-refractivity contribution in [1.29, 1.82) is 0 Å². The highest BCUT2D eigenvalue weighted by atomic mass is 16.5. The molecule has 27 heavy (non-hydrogen) atoms. The number of nitrogens with one attached hydrogen (secondary N) is 1. The van der Waals surface area contributed by atoms with E-state index in [4.69, 9.17) is 4.74 Å². The number of para-hydroxylation sites is 1. The lowest BCUT2D eigenvalue weighted by Gasteiger charge is -2.18. The first-order valence-electron chi connectivity index (χ1n) is 9.15. The molecule has 1 N–H and O–H groups in total. The minimum atomic E-state index is -0.560. The van der Waals surface area contributed by atoms with E-state index in [2.05, 4.69) is 24.1 Å². The number of benzene rings is 2. The quantitative estimate of drug-likeness (QED) is 0.688. The fourth-order valence-electron chi connectivity index (χ4n) is 2.84. The Morgan fingerprint density at radius 1 is 1.11 bits per heavy atom. The normalized spacial score (nSPS) is 12.0. The van der Waals surface area contributed by atoms with Crippen molar-refractivity contribution in [2.75, 3.05) is 0 Å². The molecule has 0 saturated heterocycles. The summed E-state index contributed by atoms with van der Waals surface area (Å²) in [6.07, 6.45) is 4.83. The minimum absolute atomic E-state index is 0.132. The summed E-state index contributed by atoms with van der Waals surface area (Å²) in [5.74, 6) is 0.970. The molecule has 1 unspecified atom stereocenters. The molecule has 0 aliphatic heterocycles. The Hall–Kier alpha value is -3.08. The molecule has 3 aromatic rings. The molecule has 5 heteroatoms. The zero-order valence-corrected chi connectivity index (χ0v) is 15.9. The summed E-state index contributed by atoms with van der Waals surface area (Å²) < 4.78 is 7.84. The molecule has 0 fully saturated rings. The first kappa shape index (κ1) is 18.7. The lowest BCUT2D eigenvalue weighted by molar-refractivity contribution is -0.127. The number of hydrogen-bond donors (Lipinski definition) is 1. The van der Waals surface area contributed by atoms with E-state index in [0.29, 0.717) is 12.5 Å². The van der Waals surface area contributed by atoms with Gasteiger partial charge in [0.2, 0.25) is 0 Å². The molecule has 5 nitrogen and oxygen atoms in total. The third-order valence-corrected chi connectivity index (χ3v) is 4.42. The van der Waals surface area contributed by atoms with Crippen molar-refractivity contribution in [2.24, 2.45) is 0 Å². The van der Waals surface area contributed by atoms with Crippen LogP contribution in [0.3, 0.4) is 0 Å². The molecule has 0 spiro atoms. The molecule has 1 amide bonds. The molecule has 1 atom stereocenters. The van der Waals surface area contributed by atoms with Gasteiger partial charge in [-0.2, -0.15) is 0 Å². The summed E-state index contributed by atoms with van der Waals surface area (Å²) in [6.45, 7) is 6.46. The van der Waals surface area contributed by atoms with Crippen molar-refractivity contribution < 1.29 is 9.53 Å². The van der Waals surface area contributed by atoms with Crippen molar-refractivity contribution in [3.8, 4) is 11.4 Å². The SMILES string of the molecule is CC(Oc1ccccc1C(C)C)C(=O)NCc1ccc(-n2ccnc2)cc1. The largest absolute Gasteiger partial charge is 0.481 e. The third-order valence-electron chi connectivity index (χ3n) is 4.42. The third kappa shape index (κ3) is 4.76. The molecule has 1 heterocycles. The van der Waals surface area contributed by atoms with Gasteiger partial charge in [-0.3, -0.25) is 4.79 Å². The molecule has 0 aliphatic carbocycles. The van der Waals surface area contributed by atoms with Crippen LogP contribution in [0.4, 0.5) is 0 Å². The minimum Gasteiger partial charge on any atom is -0.481 e.